The second kappa shape index (κ2) is 5.46. The van der Waals surface area contributed by atoms with Gasteiger partial charge in [-0.3, -0.25) is 0 Å². The Hall–Kier alpha value is -2.15. The average Bonchev–Trinajstić information content (AvgIpc) is 3.06. The van der Waals surface area contributed by atoms with E-state index >= 15 is 0 Å². The summed E-state index contributed by atoms with van der Waals surface area (Å²) >= 11 is 1.53. The smallest absolute Gasteiger partial charge is 0.214 e. The van der Waals surface area contributed by atoms with Crippen molar-refractivity contribution in [3.05, 3.63) is 47.3 Å². The third-order valence-corrected chi connectivity index (χ3v) is 3.76. The quantitative estimate of drug-likeness (QED) is 0.687. The van der Waals surface area contributed by atoms with Gasteiger partial charge in [-0.15, -0.1) is 5.10 Å². The fourth-order valence-corrected chi connectivity index (χ4v) is 2.61. The van der Waals surface area contributed by atoms with Crippen LogP contribution in [0, 0.1) is 13.8 Å². The van der Waals surface area contributed by atoms with E-state index in [1.807, 2.05) is 44.2 Å². The molecule has 0 aliphatic carbocycles. The molecule has 0 amide bonds. The van der Waals surface area contributed by atoms with Crippen LogP contribution in [0.2, 0.25) is 0 Å². The molecule has 0 atom stereocenters. The van der Waals surface area contributed by atoms with E-state index in [0.717, 1.165) is 27.9 Å². The highest BCUT2D eigenvalue weighted by molar-refractivity contribution is 7.98. The van der Waals surface area contributed by atoms with E-state index in [0.29, 0.717) is 5.75 Å². The monoisotopic (exact) mass is 287 g/mol. The number of nitrogens with zero attached hydrogens (tertiary/aromatic N) is 5. The number of aryl methyl sites for hydroxylation is 2. The van der Waals surface area contributed by atoms with E-state index in [-0.39, 0.29) is 0 Å². The number of hydrogen-bond acceptors (Lipinski definition) is 6. The van der Waals surface area contributed by atoms with Crippen LogP contribution >= 0.6 is 11.8 Å². The molecule has 7 heteroatoms. The van der Waals surface area contributed by atoms with E-state index in [4.69, 9.17) is 4.52 Å². The minimum Gasteiger partial charge on any atom is -0.361 e. The molecule has 102 valence electrons. The summed E-state index contributed by atoms with van der Waals surface area (Å²) in [6.07, 6.45) is 0. The Kier molecular flexibility index (Phi) is 3.51. The van der Waals surface area contributed by atoms with Gasteiger partial charge in [0.1, 0.15) is 5.76 Å². The molecule has 3 rings (SSSR count). The van der Waals surface area contributed by atoms with Crippen LogP contribution in [0.4, 0.5) is 0 Å². The van der Waals surface area contributed by atoms with E-state index in [1.165, 1.54) is 11.8 Å². The molecule has 0 bridgehead atoms. The molecule has 0 spiro atoms. The Morgan fingerprint density at radius 1 is 1.25 bits per heavy atom. The Balaban J connectivity index is 1.82. The highest BCUT2D eigenvalue weighted by Crippen LogP contribution is 2.23. The zero-order valence-corrected chi connectivity index (χ0v) is 12.0. The third-order valence-electron chi connectivity index (χ3n) is 2.81. The molecule has 0 radical (unpaired) electrons. The van der Waals surface area contributed by atoms with Crippen molar-refractivity contribution in [3.63, 3.8) is 0 Å². The Morgan fingerprint density at radius 2 is 2.10 bits per heavy atom. The normalized spacial score (nSPS) is 10.9. The first-order chi connectivity index (χ1) is 9.74. The van der Waals surface area contributed by atoms with Crippen LogP contribution in [-0.4, -0.2) is 25.4 Å². The SMILES string of the molecule is Cc1cc(CSc2nnnn2-c2ccccc2C)no1. The summed E-state index contributed by atoms with van der Waals surface area (Å²) in [6, 6.07) is 9.91. The number of hydrogen-bond donors (Lipinski definition) is 0. The topological polar surface area (TPSA) is 69.6 Å². The van der Waals surface area contributed by atoms with Crippen molar-refractivity contribution in [2.75, 3.05) is 0 Å². The summed E-state index contributed by atoms with van der Waals surface area (Å²) < 4.78 is 6.79. The van der Waals surface area contributed by atoms with Gasteiger partial charge < -0.3 is 4.52 Å². The maximum Gasteiger partial charge on any atom is 0.214 e. The number of para-hydroxylation sites is 1. The Morgan fingerprint density at radius 3 is 2.85 bits per heavy atom. The molecule has 3 aromatic rings. The first-order valence-corrected chi connectivity index (χ1v) is 7.12. The fraction of sp³-hybridized carbons (Fsp3) is 0.231. The van der Waals surface area contributed by atoms with Gasteiger partial charge in [0.05, 0.1) is 11.4 Å². The lowest BCUT2D eigenvalue weighted by Gasteiger charge is -2.06. The van der Waals surface area contributed by atoms with E-state index in [1.54, 1.807) is 4.68 Å². The van der Waals surface area contributed by atoms with Crippen molar-refractivity contribution in [3.8, 4) is 5.69 Å². The summed E-state index contributed by atoms with van der Waals surface area (Å²) in [4.78, 5) is 0. The molecule has 2 heterocycles. The minimum absolute atomic E-state index is 0.670. The van der Waals surface area contributed by atoms with Crippen LogP contribution < -0.4 is 0 Å². The number of thioether (sulfide) groups is 1. The second-order valence-corrected chi connectivity index (χ2v) is 5.32. The first kappa shape index (κ1) is 12.9. The average molecular weight is 287 g/mol. The second-order valence-electron chi connectivity index (χ2n) is 4.38. The Bertz CT molecular complexity index is 721. The van der Waals surface area contributed by atoms with Gasteiger partial charge in [-0.2, -0.15) is 4.68 Å². The number of aromatic nitrogens is 5. The van der Waals surface area contributed by atoms with Gasteiger partial charge in [0, 0.05) is 11.8 Å². The van der Waals surface area contributed by atoms with Crippen molar-refractivity contribution in [2.45, 2.75) is 24.8 Å². The highest BCUT2D eigenvalue weighted by atomic mass is 32.2. The summed E-state index contributed by atoms with van der Waals surface area (Å²) in [7, 11) is 0. The fourth-order valence-electron chi connectivity index (χ4n) is 1.85. The summed E-state index contributed by atoms with van der Waals surface area (Å²) in [5, 5.41) is 16.6. The van der Waals surface area contributed by atoms with Crippen LogP contribution in [0.15, 0.2) is 40.0 Å². The van der Waals surface area contributed by atoms with Gasteiger partial charge in [0.25, 0.3) is 0 Å². The molecule has 0 unspecified atom stereocenters. The standard InChI is InChI=1S/C13H13N5OS/c1-9-5-3-4-6-12(9)18-13(14-16-17-18)20-8-11-7-10(2)19-15-11/h3-7H,8H2,1-2H3. The molecule has 0 saturated carbocycles. The minimum atomic E-state index is 0.670. The lowest BCUT2D eigenvalue weighted by Crippen LogP contribution is -2.01. The lowest BCUT2D eigenvalue weighted by molar-refractivity contribution is 0.393. The molecular weight excluding hydrogens is 274 g/mol. The summed E-state index contributed by atoms with van der Waals surface area (Å²) in [5.41, 5.74) is 2.99. The first-order valence-electron chi connectivity index (χ1n) is 6.13. The lowest BCUT2D eigenvalue weighted by atomic mass is 10.2. The van der Waals surface area contributed by atoms with Crippen LogP contribution in [0.25, 0.3) is 5.69 Å². The van der Waals surface area contributed by atoms with Crippen molar-refractivity contribution in [1.29, 1.82) is 0 Å². The van der Waals surface area contributed by atoms with Crippen LogP contribution in [-0.2, 0) is 5.75 Å². The third kappa shape index (κ3) is 2.57. The van der Waals surface area contributed by atoms with Crippen LogP contribution in [0.3, 0.4) is 0 Å². The van der Waals surface area contributed by atoms with Crippen LogP contribution in [0.1, 0.15) is 17.0 Å². The zero-order chi connectivity index (χ0) is 13.9. The van der Waals surface area contributed by atoms with Gasteiger partial charge in [-0.1, -0.05) is 35.1 Å². The predicted octanol–water partition coefficient (Wildman–Crippen LogP) is 2.56. The van der Waals surface area contributed by atoms with Crippen molar-refractivity contribution in [2.24, 2.45) is 0 Å². The molecule has 2 aromatic heterocycles. The summed E-state index contributed by atoms with van der Waals surface area (Å²) in [5.74, 6) is 1.47. The number of tetrazole rings is 1. The van der Waals surface area contributed by atoms with Crippen molar-refractivity contribution in [1.82, 2.24) is 25.4 Å². The van der Waals surface area contributed by atoms with Crippen LogP contribution in [0.5, 0.6) is 0 Å². The maximum atomic E-state index is 5.05. The molecular formula is C13H13N5OS. The molecule has 0 fully saturated rings. The van der Waals surface area contributed by atoms with Crippen molar-refractivity contribution >= 4 is 11.8 Å². The highest BCUT2D eigenvalue weighted by Gasteiger charge is 2.11. The van der Waals surface area contributed by atoms with Gasteiger partial charge in [0.2, 0.25) is 5.16 Å². The molecule has 0 aliphatic heterocycles. The zero-order valence-electron chi connectivity index (χ0n) is 11.1. The molecule has 0 N–H and O–H groups in total. The molecule has 20 heavy (non-hydrogen) atoms. The van der Waals surface area contributed by atoms with Gasteiger partial charge in [0.15, 0.2) is 0 Å². The number of rotatable bonds is 4. The van der Waals surface area contributed by atoms with Crippen molar-refractivity contribution < 1.29 is 4.52 Å². The largest absolute Gasteiger partial charge is 0.361 e. The van der Waals surface area contributed by atoms with E-state index in [9.17, 15) is 0 Å². The van der Waals surface area contributed by atoms with E-state index in [2.05, 4.69) is 20.7 Å². The van der Waals surface area contributed by atoms with Gasteiger partial charge in [-0.25, -0.2) is 0 Å². The molecule has 0 aliphatic rings. The van der Waals surface area contributed by atoms with Gasteiger partial charge >= 0.3 is 0 Å². The predicted molar refractivity (Wildman–Crippen MR) is 74.7 cm³/mol. The number of benzene rings is 1. The van der Waals surface area contributed by atoms with Gasteiger partial charge in [-0.05, 0) is 35.9 Å². The van der Waals surface area contributed by atoms with E-state index < -0.39 is 0 Å². The summed E-state index contributed by atoms with van der Waals surface area (Å²) in [6.45, 7) is 3.91. The Labute approximate surface area is 120 Å². The maximum absolute atomic E-state index is 5.05. The molecule has 0 saturated heterocycles. The molecule has 1 aromatic carbocycles. The molecule has 6 nitrogen and oxygen atoms in total.